The molecule has 11 heteroatoms. The molecule has 0 N–H and O–H groups in total. The SMILES string of the molecule is Cc1nc2c(c(N3CCC3)n1)[C@@H](C)N(C(=O)O[C@H]1CCN(c3ccnc(C(F)(F)F)c3)C1)C2. The number of pyridine rings is 1. The smallest absolute Gasteiger partial charge is 0.433 e. The number of carbonyl (C=O) groups is 1. The van der Waals surface area contributed by atoms with Gasteiger partial charge in [-0.2, -0.15) is 13.2 Å². The molecular formula is C22H25F3N6O2. The zero-order chi connectivity index (χ0) is 23.3. The number of hydrogen-bond donors (Lipinski definition) is 0. The molecule has 0 unspecified atom stereocenters. The Morgan fingerprint density at radius 3 is 2.67 bits per heavy atom. The molecule has 5 rings (SSSR count). The molecule has 0 aromatic carbocycles. The van der Waals surface area contributed by atoms with Crippen molar-refractivity contribution in [3.05, 3.63) is 41.1 Å². The molecule has 8 nitrogen and oxygen atoms in total. The summed E-state index contributed by atoms with van der Waals surface area (Å²) in [7, 11) is 0. The maximum absolute atomic E-state index is 13.0. The summed E-state index contributed by atoms with van der Waals surface area (Å²) in [6, 6.07) is 2.36. The van der Waals surface area contributed by atoms with Crippen LogP contribution in [0.4, 0.5) is 29.5 Å². The lowest BCUT2D eigenvalue weighted by atomic mass is 10.1. The van der Waals surface area contributed by atoms with E-state index in [2.05, 4.69) is 19.9 Å². The van der Waals surface area contributed by atoms with Crippen LogP contribution in [0.25, 0.3) is 0 Å². The topological polar surface area (TPSA) is 74.7 Å². The molecule has 0 saturated carbocycles. The summed E-state index contributed by atoms with van der Waals surface area (Å²) in [5.41, 5.74) is 1.31. The van der Waals surface area contributed by atoms with E-state index in [0.717, 1.165) is 48.8 Å². The van der Waals surface area contributed by atoms with Gasteiger partial charge in [0.1, 0.15) is 23.4 Å². The third kappa shape index (κ3) is 4.04. The van der Waals surface area contributed by atoms with Crippen LogP contribution in [0, 0.1) is 6.92 Å². The summed E-state index contributed by atoms with van der Waals surface area (Å²) < 4.78 is 44.7. The number of carbonyl (C=O) groups excluding carboxylic acids is 1. The first-order valence-corrected chi connectivity index (χ1v) is 11.1. The molecule has 0 bridgehead atoms. The van der Waals surface area contributed by atoms with Gasteiger partial charge >= 0.3 is 12.3 Å². The van der Waals surface area contributed by atoms with Crippen molar-refractivity contribution in [3.63, 3.8) is 0 Å². The standard InChI is InChI=1S/C22H25F3N6O2/c1-13-19-17(27-14(2)28-20(19)29-7-3-8-29)12-31(13)21(32)33-16-5-9-30(11-16)15-4-6-26-18(10-15)22(23,24)25/h4,6,10,13,16H,3,5,7-9,11-12H2,1-2H3/t13-,16+/m1/s1. The van der Waals surface area contributed by atoms with E-state index >= 15 is 0 Å². The molecule has 2 atom stereocenters. The Balaban J connectivity index is 1.25. The van der Waals surface area contributed by atoms with E-state index in [9.17, 15) is 18.0 Å². The van der Waals surface area contributed by atoms with Crippen LogP contribution in [0.1, 0.15) is 48.6 Å². The van der Waals surface area contributed by atoms with Crippen LogP contribution in [-0.2, 0) is 17.5 Å². The van der Waals surface area contributed by atoms with Crippen molar-refractivity contribution in [3.8, 4) is 0 Å². The third-order valence-corrected chi connectivity index (χ3v) is 6.52. The minimum absolute atomic E-state index is 0.212. The number of hydrogen-bond acceptors (Lipinski definition) is 7. The zero-order valence-electron chi connectivity index (χ0n) is 18.5. The van der Waals surface area contributed by atoms with E-state index < -0.39 is 24.1 Å². The van der Waals surface area contributed by atoms with E-state index in [1.54, 1.807) is 9.80 Å². The number of alkyl halides is 3. The van der Waals surface area contributed by atoms with Crippen molar-refractivity contribution in [2.75, 3.05) is 36.0 Å². The molecular weight excluding hydrogens is 437 g/mol. The first kappa shape index (κ1) is 21.7. The van der Waals surface area contributed by atoms with Crippen molar-refractivity contribution in [2.45, 2.75) is 51.6 Å². The quantitative estimate of drug-likeness (QED) is 0.689. The number of ether oxygens (including phenoxy) is 1. The highest BCUT2D eigenvalue weighted by Crippen LogP contribution is 2.40. The normalized spacial score (nSPS) is 22.4. The largest absolute Gasteiger partial charge is 0.444 e. The van der Waals surface area contributed by atoms with Crippen molar-refractivity contribution < 1.29 is 22.7 Å². The molecule has 1 amide bonds. The third-order valence-electron chi connectivity index (χ3n) is 6.52. The zero-order valence-corrected chi connectivity index (χ0v) is 18.5. The molecule has 176 valence electrons. The van der Waals surface area contributed by atoms with Gasteiger partial charge in [-0.3, -0.25) is 9.88 Å². The number of halogens is 3. The molecule has 5 heterocycles. The molecule has 2 saturated heterocycles. The van der Waals surface area contributed by atoms with Crippen molar-refractivity contribution in [1.29, 1.82) is 0 Å². The van der Waals surface area contributed by atoms with E-state index in [0.29, 0.717) is 37.6 Å². The van der Waals surface area contributed by atoms with Gasteiger partial charge in [0.05, 0.1) is 24.8 Å². The van der Waals surface area contributed by atoms with Gasteiger partial charge in [0, 0.05) is 43.5 Å². The van der Waals surface area contributed by atoms with Crippen molar-refractivity contribution >= 4 is 17.6 Å². The summed E-state index contributed by atoms with van der Waals surface area (Å²) in [5, 5.41) is 0. The molecule has 33 heavy (non-hydrogen) atoms. The van der Waals surface area contributed by atoms with Crippen LogP contribution in [0.3, 0.4) is 0 Å². The highest BCUT2D eigenvalue weighted by Gasteiger charge is 2.39. The monoisotopic (exact) mass is 462 g/mol. The summed E-state index contributed by atoms with van der Waals surface area (Å²) >= 11 is 0. The highest BCUT2D eigenvalue weighted by atomic mass is 19.4. The number of aromatic nitrogens is 3. The molecule has 2 aromatic rings. The Bertz CT molecular complexity index is 1070. The predicted octanol–water partition coefficient (Wildman–Crippen LogP) is 3.70. The number of rotatable bonds is 3. The second-order valence-corrected chi connectivity index (χ2v) is 8.74. The van der Waals surface area contributed by atoms with Crippen LogP contribution >= 0.6 is 0 Å². The van der Waals surface area contributed by atoms with Crippen LogP contribution in [0.15, 0.2) is 18.3 Å². The highest BCUT2D eigenvalue weighted by molar-refractivity contribution is 5.71. The average Bonchev–Trinajstić information content (AvgIpc) is 3.30. The minimum Gasteiger partial charge on any atom is -0.444 e. The van der Waals surface area contributed by atoms with Crippen LogP contribution in [-0.4, -0.2) is 58.2 Å². The Morgan fingerprint density at radius 1 is 1.18 bits per heavy atom. The van der Waals surface area contributed by atoms with Crippen LogP contribution < -0.4 is 9.80 Å². The molecule has 0 radical (unpaired) electrons. The second-order valence-electron chi connectivity index (χ2n) is 8.74. The van der Waals surface area contributed by atoms with Gasteiger partial charge in [-0.1, -0.05) is 0 Å². The summed E-state index contributed by atoms with van der Waals surface area (Å²) in [6.07, 6.45) is -2.53. The van der Waals surface area contributed by atoms with Crippen LogP contribution in [0.2, 0.25) is 0 Å². The van der Waals surface area contributed by atoms with Crippen LogP contribution in [0.5, 0.6) is 0 Å². The lowest BCUT2D eigenvalue weighted by Crippen LogP contribution is -2.39. The Hall–Kier alpha value is -3.11. The number of aryl methyl sites for hydroxylation is 1. The molecule has 2 fully saturated rings. The van der Waals surface area contributed by atoms with Gasteiger partial charge in [0.25, 0.3) is 0 Å². The van der Waals surface area contributed by atoms with E-state index in [-0.39, 0.29) is 6.04 Å². The minimum atomic E-state index is -4.50. The maximum atomic E-state index is 13.0. The first-order chi connectivity index (χ1) is 15.7. The van der Waals surface area contributed by atoms with Gasteiger partial charge in [0.2, 0.25) is 0 Å². The number of fused-ring (bicyclic) bond motifs is 1. The van der Waals surface area contributed by atoms with Gasteiger partial charge in [-0.05, 0) is 32.4 Å². The van der Waals surface area contributed by atoms with Gasteiger partial charge in [0.15, 0.2) is 0 Å². The number of anilines is 2. The molecule has 2 aromatic heterocycles. The van der Waals surface area contributed by atoms with E-state index in [4.69, 9.17) is 4.74 Å². The van der Waals surface area contributed by atoms with Gasteiger partial charge in [-0.15, -0.1) is 0 Å². The number of amides is 1. The molecule has 3 aliphatic heterocycles. The summed E-state index contributed by atoms with van der Waals surface area (Å²) in [6.45, 7) is 6.89. The Labute approximate surface area is 189 Å². The lowest BCUT2D eigenvalue weighted by molar-refractivity contribution is -0.141. The fourth-order valence-corrected chi connectivity index (χ4v) is 4.66. The van der Waals surface area contributed by atoms with Crippen molar-refractivity contribution in [2.24, 2.45) is 0 Å². The molecule has 0 spiro atoms. The predicted molar refractivity (Wildman–Crippen MR) is 114 cm³/mol. The fraction of sp³-hybridized carbons (Fsp3) is 0.545. The maximum Gasteiger partial charge on any atom is 0.433 e. The summed E-state index contributed by atoms with van der Waals surface area (Å²) in [5.74, 6) is 1.58. The Kier molecular flexibility index (Phi) is 5.29. The fourth-order valence-electron chi connectivity index (χ4n) is 4.66. The van der Waals surface area contributed by atoms with E-state index in [1.165, 1.54) is 6.07 Å². The van der Waals surface area contributed by atoms with Gasteiger partial charge in [-0.25, -0.2) is 14.8 Å². The van der Waals surface area contributed by atoms with E-state index in [1.807, 2.05) is 13.8 Å². The lowest BCUT2D eigenvalue weighted by Gasteiger charge is -2.34. The molecule has 0 aliphatic carbocycles. The second kappa shape index (κ2) is 8.03. The molecule has 3 aliphatic rings. The first-order valence-electron chi connectivity index (χ1n) is 11.1. The van der Waals surface area contributed by atoms with Crippen molar-refractivity contribution in [1.82, 2.24) is 19.9 Å². The Morgan fingerprint density at radius 2 is 1.97 bits per heavy atom. The summed E-state index contributed by atoms with van der Waals surface area (Å²) in [4.78, 5) is 31.3. The average molecular weight is 462 g/mol. The number of nitrogens with zero attached hydrogens (tertiary/aromatic N) is 6. The van der Waals surface area contributed by atoms with Gasteiger partial charge < -0.3 is 14.5 Å².